The van der Waals surface area contributed by atoms with Crippen LogP contribution in [0.3, 0.4) is 0 Å². The molecule has 0 unspecified atom stereocenters. The summed E-state index contributed by atoms with van der Waals surface area (Å²) in [5.74, 6) is 1.01. The minimum Gasteiger partial charge on any atom is -0.491 e. The first-order chi connectivity index (χ1) is 14.7. The van der Waals surface area contributed by atoms with Gasteiger partial charge in [-0.3, -0.25) is 0 Å². The highest BCUT2D eigenvalue weighted by Gasteiger charge is 2.04. The van der Waals surface area contributed by atoms with Gasteiger partial charge in [0.25, 0.3) is 0 Å². The standard InChI is InChI=1S/C22H18N4O4/c23-13-17-1-3-21(11-19(17)15-25)29-9-7-27-5-6-28-8-10-30-22-4-2-18(14-24)20(12-22)16-26/h1-4,11-12H,5-10H2. The van der Waals surface area contributed by atoms with Gasteiger partial charge in [0.1, 0.15) is 49.0 Å². The minimum atomic E-state index is 0.274. The molecule has 0 N–H and O–H groups in total. The van der Waals surface area contributed by atoms with Crippen LogP contribution in [0.5, 0.6) is 11.5 Å². The van der Waals surface area contributed by atoms with Gasteiger partial charge in [0, 0.05) is 0 Å². The molecule has 0 aromatic heterocycles. The summed E-state index contributed by atoms with van der Waals surface area (Å²) in [6.45, 7) is 2.08. The van der Waals surface area contributed by atoms with Gasteiger partial charge in [-0.25, -0.2) is 0 Å². The smallest absolute Gasteiger partial charge is 0.120 e. The van der Waals surface area contributed by atoms with E-state index in [1.165, 1.54) is 12.1 Å². The van der Waals surface area contributed by atoms with Crippen molar-refractivity contribution in [3.63, 3.8) is 0 Å². The zero-order valence-electron chi connectivity index (χ0n) is 16.1. The monoisotopic (exact) mass is 402 g/mol. The first-order valence-corrected chi connectivity index (χ1v) is 9.01. The van der Waals surface area contributed by atoms with Crippen molar-refractivity contribution in [3.8, 4) is 35.8 Å². The number of nitrogens with zero attached hydrogens (tertiary/aromatic N) is 4. The van der Waals surface area contributed by atoms with Crippen molar-refractivity contribution in [2.45, 2.75) is 0 Å². The van der Waals surface area contributed by atoms with E-state index in [1.54, 1.807) is 24.3 Å². The van der Waals surface area contributed by atoms with Crippen molar-refractivity contribution in [2.24, 2.45) is 0 Å². The van der Waals surface area contributed by atoms with Crippen LogP contribution < -0.4 is 9.47 Å². The molecule has 0 aliphatic carbocycles. The molecule has 0 atom stereocenters. The lowest BCUT2D eigenvalue weighted by Crippen LogP contribution is -2.13. The molecule has 0 aliphatic heterocycles. The molecule has 2 rings (SSSR count). The second kappa shape index (κ2) is 12.4. The third kappa shape index (κ3) is 6.82. The fourth-order valence-corrected chi connectivity index (χ4v) is 2.37. The summed E-state index contributed by atoms with van der Waals surface area (Å²) in [7, 11) is 0. The van der Waals surface area contributed by atoms with Gasteiger partial charge in [-0.2, -0.15) is 21.0 Å². The minimum absolute atomic E-state index is 0.274. The Morgan fingerprint density at radius 3 is 1.23 bits per heavy atom. The number of benzene rings is 2. The second-order valence-electron chi connectivity index (χ2n) is 5.78. The van der Waals surface area contributed by atoms with E-state index in [0.717, 1.165) is 0 Å². The Morgan fingerprint density at radius 2 is 0.867 bits per heavy atom. The third-order valence-electron chi connectivity index (χ3n) is 3.83. The van der Waals surface area contributed by atoms with E-state index in [-0.39, 0.29) is 11.1 Å². The third-order valence-corrected chi connectivity index (χ3v) is 3.83. The van der Waals surface area contributed by atoms with Crippen molar-refractivity contribution in [1.29, 1.82) is 21.0 Å². The van der Waals surface area contributed by atoms with Gasteiger partial charge in [0.05, 0.1) is 48.7 Å². The molecule has 0 aliphatic rings. The van der Waals surface area contributed by atoms with Crippen molar-refractivity contribution < 1.29 is 18.9 Å². The van der Waals surface area contributed by atoms with Crippen molar-refractivity contribution >= 4 is 0 Å². The van der Waals surface area contributed by atoms with E-state index in [2.05, 4.69) is 0 Å². The summed E-state index contributed by atoms with van der Waals surface area (Å²) in [6, 6.07) is 17.2. The summed E-state index contributed by atoms with van der Waals surface area (Å²) < 4.78 is 21.8. The SMILES string of the molecule is N#Cc1ccc(OCCOCCOCCOc2ccc(C#N)c(C#N)c2)cc1C#N. The van der Waals surface area contributed by atoms with E-state index < -0.39 is 0 Å². The van der Waals surface area contributed by atoms with Gasteiger partial charge < -0.3 is 18.9 Å². The Morgan fingerprint density at radius 1 is 0.500 bits per heavy atom. The van der Waals surface area contributed by atoms with Crippen LogP contribution in [0.2, 0.25) is 0 Å². The highest BCUT2D eigenvalue weighted by Crippen LogP contribution is 2.17. The zero-order valence-corrected chi connectivity index (χ0v) is 16.1. The Hall–Kier alpha value is -4.08. The predicted molar refractivity (Wildman–Crippen MR) is 104 cm³/mol. The largest absolute Gasteiger partial charge is 0.491 e. The van der Waals surface area contributed by atoms with E-state index in [1.807, 2.05) is 24.3 Å². The molecular weight excluding hydrogens is 384 g/mol. The quantitative estimate of drug-likeness (QED) is 0.524. The van der Waals surface area contributed by atoms with Gasteiger partial charge in [0.2, 0.25) is 0 Å². The van der Waals surface area contributed by atoms with Crippen LogP contribution in [0.1, 0.15) is 22.3 Å². The molecule has 8 heteroatoms. The average molecular weight is 402 g/mol. The second-order valence-corrected chi connectivity index (χ2v) is 5.78. The molecule has 8 nitrogen and oxygen atoms in total. The van der Waals surface area contributed by atoms with Crippen LogP contribution in [-0.4, -0.2) is 39.6 Å². The first kappa shape index (κ1) is 22.2. The molecule has 0 saturated heterocycles. The van der Waals surface area contributed by atoms with Gasteiger partial charge in [0.15, 0.2) is 0 Å². The molecule has 0 radical (unpaired) electrons. The Balaban J connectivity index is 1.54. The molecule has 2 aromatic carbocycles. The molecule has 0 saturated carbocycles. The fraction of sp³-hybridized carbons (Fsp3) is 0.273. The average Bonchev–Trinajstić information content (AvgIpc) is 2.79. The molecule has 0 heterocycles. The maximum atomic E-state index is 8.99. The van der Waals surface area contributed by atoms with Crippen molar-refractivity contribution in [1.82, 2.24) is 0 Å². The van der Waals surface area contributed by atoms with Crippen LogP contribution in [-0.2, 0) is 9.47 Å². The van der Waals surface area contributed by atoms with Gasteiger partial charge in [-0.1, -0.05) is 0 Å². The molecule has 0 spiro atoms. The number of nitriles is 4. The number of ether oxygens (including phenoxy) is 4. The number of hydrogen-bond acceptors (Lipinski definition) is 8. The number of rotatable bonds is 11. The molecule has 30 heavy (non-hydrogen) atoms. The predicted octanol–water partition coefficient (Wildman–Crippen LogP) is 2.66. The lowest BCUT2D eigenvalue weighted by Gasteiger charge is -2.09. The molecule has 150 valence electrons. The van der Waals surface area contributed by atoms with Crippen LogP contribution >= 0.6 is 0 Å². The lowest BCUT2D eigenvalue weighted by atomic mass is 10.1. The van der Waals surface area contributed by atoms with E-state index in [9.17, 15) is 0 Å². The Kier molecular flexibility index (Phi) is 9.18. The molecule has 2 aromatic rings. The maximum Gasteiger partial charge on any atom is 0.120 e. The maximum absolute atomic E-state index is 8.99. The van der Waals surface area contributed by atoms with Gasteiger partial charge >= 0.3 is 0 Å². The molecular formula is C22H18N4O4. The van der Waals surface area contributed by atoms with E-state index in [0.29, 0.717) is 62.3 Å². The van der Waals surface area contributed by atoms with Crippen molar-refractivity contribution in [2.75, 3.05) is 39.6 Å². The highest BCUT2D eigenvalue weighted by atomic mass is 16.6. The first-order valence-electron chi connectivity index (χ1n) is 9.01. The zero-order chi connectivity index (χ0) is 21.6. The van der Waals surface area contributed by atoms with Crippen LogP contribution in [0.15, 0.2) is 36.4 Å². The summed E-state index contributed by atoms with van der Waals surface area (Å²) >= 11 is 0. The topological polar surface area (TPSA) is 132 Å². The summed E-state index contributed by atoms with van der Waals surface area (Å²) in [5.41, 5.74) is 1.17. The number of hydrogen-bond donors (Lipinski definition) is 0. The molecule has 0 fully saturated rings. The summed E-state index contributed by atoms with van der Waals surface area (Å²) in [5, 5.41) is 35.7. The molecule has 0 bridgehead atoms. The Bertz CT molecular complexity index is 942. The van der Waals surface area contributed by atoms with E-state index >= 15 is 0 Å². The van der Waals surface area contributed by atoms with Gasteiger partial charge in [-0.15, -0.1) is 0 Å². The van der Waals surface area contributed by atoms with Crippen molar-refractivity contribution in [3.05, 3.63) is 58.7 Å². The summed E-state index contributed by atoms with van der Waals surface area (Å²) in [4.78, 5) is 0. The normalized spacial score (nSPS) is 9.60. The van der Waals surface area contributed by atoms with E-state index in [4.69, 9.17) is 40.0 Å². The molecule has 0 amide bonds. The lowest BCUT2D eigenvalue weighted by molar-refractivity contribution is 0.0273. The Labute approximate surface area is 174 Å². The van der Waals surface area contributed by atoms with Gasteiger partial charge in [-0.05, 0) is 36.4 Å². The van der Waals surface area contributed by atoms with Crippen LogP contribution in [0.4, 0.5) is 0 Å². The van der Waals surface area contributed by atoms with Crippen LogP contribution in [0.25, 0.3) is 0 Å². The fourth-order valence-electron chi connectivity index (χ4n) is 2.37. The summed E-state index contributed by atoms with van der Waals surface area (Å²) in [6.07, 6.45) is 0. The highest BCUT2D eigenvalue weighted by molar-refractivity contribution is 5.49. The van der Waals surface area contributed by atoms with Crippen LogP contribution in [0, 0.1) is 45.3 Å².